The Hall–Kier alpha value is -2.77. The van der Waals surface area contributed by atoms with Crippen LogP contribution < -0.4 is 0 Å². The number of carboxylic acids is 1. The van der Waals surface area contributed by atoms with Crippen molar-refractivity contribution in [2.75, 3.05) is 13.1 Å². The summed E-state index contributed by atoms with van der Waals surface area (Å²) in [5.74, 6) is -0.706. The number of carbonyl (C=O) groups is 2. The van der Waals surface area contributed by atoms with E-state index in [1.165, 1.54) is 4.80 Å². The quantitative estimate of drug-likeness (QED) is 0.852. The molecule has 1 aromatic carbocycles. The van der Waals surface area contributed by atoms with Gasteiger partial charge in [-0.25, -0.2) is 0 Å². The highest BCUT2D eigenvalue weighted by molar-refractivity contribution is 5.78. The van der Waals surface area contributed by atoms with E-state index in [2.05, 4.69) is 15.4 Å². The maximum atomic E-state index is 12.3. The predicted octanol–water partition coefficient (Wildman–Crippen LogP) is 1.44. The zero-order valence-corrected chi connectivity index (χ0v) is 13.9. The third kappa shape index (κ3) is 4.40. The number of hydrogen-bond donors (Lipinski definition) is 1. The van der Waals surface area contributed by atoms with Crippen LogP contribution in [0.15, 0.2) is 30.3 Å². The molecule has 1 amide bonds. The summed E-state index contributed by atoms with van der Waals surface area (Å²) < 4.78 is 0. The fourth-order valence-electron chi connectivity index (χ4n) is 2.98. The van der Waals surface area contributed by atoms with Crippen LogP contribution in [0, 0.1) is 5.92 Å². The lowest BCUT2D eigenvalue weighted by atomic mass is 9.98. The minimum absolute atomic E-state index is 0.00523. The number of carboxylic acid groups (broad SMARTS) is 1. The van der Waals surface area contributed by atoms with Crippen molar-refractivity contribution in [3.05, 3.63) is 30.3 Å². The highest BCUT2D eigenvalue weighted by atomic mass is 16.4. The Bertz CT molecular complexity index is 731. The van der Waals surface area contributed by atoms with Gasteiger partial charge in [0.15, 0.2) is 0 Å². The van der Waals surface area contributed by atoms with E-state index in [0.717, 1.165) is 12.0 Å². The Morgan fingerprint density at radius 3 is 2.80 bits per heavy atom. The highest BCUT2D eigenvalue weighted by Crippen LogP contribution is 2.18. The van der Waals surface area contributed by atoms with Gasteiger partial charge in [0.2, 0.25) is 11.7 Å². The van der Waals surface area contributed by atoms with E-state index in [9.17, 15) is 9.59 Å². The molecule has 1 aromatic heterocycles. The number of tetrazole rings is 1. The highest BCUT2D eigenvalue weighted by Gasteiger charge is 2.27. The van der Waals surface area contributed by atoms with Gasteiger partial charge in [0.25, 0.3) is 0 Å². The van der Waals surface area contributed by atoms with Gasteiger partial charge in [-0.05, 0) is 24.5 Å². The van der Waals surface area contributed by atoms with Crippen LogP contribution in [0.5, 0.6) is 0 Å². The first kappa shape index (κ1) is 17.1. The van der Waals surface area contributed by atoms with Crippen molar-refractivity contribution in [2.45, 2.75) is 32.2 Å². The molecule has 132 valence electrons. The Morgan fingerprint density at radius 1 is 1.24 bits per heavy atom. The number of carbonyl (C=O) groups excluding carboxylic acids is 1. The lowest BCUT2D eigenvalue weighted by Crippen LogP contribution is -2.42. The van der Waals surface area contributed by atoms with Crippen LogP contribution in [0.1, 0.15) is 25.7 Å². The van der Waals surface area contributed by atoms with Crippen LogP contribution in [-0.4, -0.2) is 55.2 Å². The molecule has 0 bridgehead atoms. The van der Waals surface area contributed by atoms with Crippen molar-refractivity contribution in [2.24, 2.45) is 5.92 Å². The van der Waals surface area contributed by atoms with E-state index in [-0.39, 0.29) is 5.91 Å². The summed E-state index contributed by atoms with van der Waals surface area (Å²) in [7, 11) is 0. The first-order valence-electron chi connectivity index (χ1n) is 8.47. The maximum Gasteiger partial charge on any atom is 0.308 e. The fourth-order valence-corrected chi connectivity index (χ4v) is 2.98. The van der Waals surface area contributed by atoms with Crippen LogP contribution in [0.3, 0.4) is 0 Å². The van der Waals surface area contributed by atoms with Crippen LogP contribution in [0.25, 0.3) is 11.4 Å². The van der Waals surface area contributed by atoms with Gasteiger partial charge in [-0.15, -0.1) is 10.2 Å². The van der Waals surface area contributed by atoms with Crippen LogP contribution in [0.4, 0.5) is 0 Å². The molecule has 0 spiro atoms. The van der Waals surface area contributed by atoms with Gasteiger partial charge in [-0.3, -0.25) is 9.59 Å². The molecule has 1 atom stereocenters. The maximum absolute atomic E-state index is 12.3. The lowest BCUT2D eigenvalue weighted by Gasteiger charge is -2.30. The SMILES string of the molecule is O=C(O)[C@@H]1CCCN(C(=O)CCCn2nnc(-c3ccccc3)n2)C1. The first-order chi connectivity index (χ1) is 12.1. The molecule has 0 unspecified atom stereocenters. The Labute approximate surface area is 145 Å². The number of amides is 1. The van der Waals surface area contributed by atoms with E-state index in [0.29, 0.717) is 44.7 Å². The van der Waals surface area contributed by atoms with Gasteiger partial charge in [-0.2, -0.15) is 4.80 Å². The Kier molecular flexibility index (Phi) is 5.37. The Balaban J connectivity index is 1.47. The van der Waals surface area contributed by atoms with E-state index in [1.54, 1.807) is 4.90 Å². The van der Waals surface area contributed by atoms with E-state index >= 15 is 0 Å². The van der Waals surface area contributed by atoms with Crippen LogP contribution >= 0.6 is 0 Å². The average Bonchev–Trinajstić information content (AvgIpc) is 3.11. The molecular formula is C17H21N5O3. The summed E-state index contributed by atoms with van der Waals surface area (Å²) in [6.07, 6.45) is 2.34. The van der Waals surface area contributed by atoms with Crippen molar-refractivity contribution >= 4 is 11.9 Å². The third-order valence-corrected chi connectivity index (χ3v) is 4.36. The molecule has 1 aliphatic heterocycles. The molecule has 1 aliphatic rings. The number of aliphatic carboxylic acids is 1. The molecule has 8 nitrogen and oxygen atoms in total. The Morgan fingerprint density at radius 2 is 2.04 bits per heavy atom. The summed E-state index contributed by atoms with van der Waals surface area (Å²) in [5, 5.41) is 21.4. The fraction of sp³-hybridized carbons (Fsp3) is 0.471. The molecule has 0 radical (unpaired) electrons. The molecule has 1 saturated heterocycles. The van der Waals surface area contributed by atoms with Gasteiger partial charge in [-0.1, -0.05) is 30.3 Å². The zero-order valence-electron chi connectivity index (χ0n) is 13.9. The molecular weight excluding hydrogens is 322 g/mol. The molecule has 2 aromatic rings. The van der Waals surface area contributed by atoms with Crippen LogP contribution in [0.2, 0.25) is 0 Å². The van der Waals surface area contributed by atoms with Gasteiger partial charge in [0, 0.05) is 25.1 Å². The number of likely N-dealkylation sites (tertiary alicyclic amines) is 1. The first-order valence-corrected chi connectivity index (χ1v) is 8.47. The number of rotatable bonds is 6. The second-order valence-electron chi connectivity index (χ2n) is 6.20. The summed E-state index contributed by atoms with van der Waals surface area (Å²) in [5.41, 5.74) is 0.901. The van der Waals surface area contributed by atoms with Gasteiger partial charge >= 0.3 is 5.97 Å². The molecule has 1 N–H and O–H groups in total. The van der Waals surface area contributed by atoms with Crippen molar-refractivity contribution in [1.29, 1.82) is 0 Å². The summed E-state index contributed by atoms with van der Waals surface area (Å²) >= 11 is 0. The summed E-state index contributed by atoms with van der Waals surface area (Å²) in [4.78, 5) is 26.5. The minimum atomic E-state index is -0.822. The second kappa shape index (κ2) is 7.87. The standard InChI is InChI=1S/C17H21N5O3/c23-15(21-10-4-8-14(12-21)17(24)25)9-5-11-22-19-16(18-20-22)13-6-2-1-3-7-13/h1-3,6-7,14H,4-5,8-12H2,(H,24,25)/t14-/m1/s1. The number of hydrogen-bond acceptors (Lipinski definition) is 5. The topological polar surface area (TPSA) is 101 Å². The van der Waals surface area contributed by atoms with E-state index in [1.807, 2.05) is 30.3 Å². The van der Waals surface area contributed by atoms with Gasteiger partial charge in [0.05, 0.1) is 12.5 Å². The van der Waals surface area contributed by atoms with E-state index in [4.69, 9.17) is 5.11 Å². The van der Waals surface area contributed by atoms with Crippen molar-refractivity contribution in [3.8, 4) is 11.4 Å². The van der Waals surface area contributed by atoms with Gasteiger partial charge < -0.3 is 10.0 Å². The smallest absolute Gasteiger partial charge is 0.308 e. The predicted molar refractivity (Wildman–Crippen MR) is 89.4 cm³/mol. The number of nitrogens with zero attached hydrogens (tertiary/aromatic N) is 5. The largest absolute Gasteiger partial charge is 0.481 e. The third-order valence-electron chi connectivity index (χ3n) is 4.36. The zero-order chi connectivity index (χ0) is 17.6. The number of benzene rings is 1. The van der Waals surface area contributed by atoms with Crippen molar-refractivity contribution in [1.82, 2.24) is 25.1 Å². The molecule has 1 fully saturated rings. The molecule has 2 heterocycles. The van der Waals surface area contributed by atoms with Crippen molar-refractivity contribution in [3.63, 3.8) is 0 Å². The van der Waals surface area contributed by atoms with Crippen molar-refractivity contribution < 1.29 is 14.7 Å². The average molecular weight is 343 g/mol. The normalized spacial score (nSPS) is 17.4. The monoisotopic (exact) mass is 343 g/mol. The van der Waals surface area contributed by atoms with E-state index < -0.39 is 11.9 Å². The van der Waals surface area contributed by atoms with Gasteiger partial charge in [0.1, 0.15) is 0 Å². The lowest BCUT2D eigenvalue weighted by molar-refractivity contribution is -0.145. The molecule has 3 rings (SSSR count). The molecule has 8 heteroatoms. The molecule has 25 heavy (non-hydrogen) atoms. The summed E-state index contributed by atoms with van der Waals surface area (Å²) in [6, 6.07) is 9.59. The number of piperidine rings is 1. The summed E-state index contributed by atoms with van der Waals surface area (Å²) in [6.45, 7) is 1.46. The second-order valence-corrected chi connectivity index (χ2v) is 6.20. The molecule has 0 aliphatic carbocycles. The number of aromatic nitrogens is 4. The van der Waals surface area contributed by atoms with Crippen LogP contribution in [-0.2, 0) is 16.1 Å². The number of aryl methyl sites for hydroxylation is 1. The molecule has 0 saturated carbocycles. The minimum Gasteiger partial charge on any atom is -0.481 e.